The lowest BCUT2D eigenvalue weighted by molar-refractivity contribution is -0.110. The molecule has 0 bridgehead atoms. The molecule has 5 rings (SSSR count). The standard InChI is InChI=1S/C23H15NO/c25-23-21(19-11-5-6-12-22(19)24-23)14-20-17-9-3-1-7-15(17)13-16-8-2-4-10-18(16)20/h1-14H,(H,24,25)/b21-14-. The van der Waals surface area contributed by atoms with Gasteiger partial charge >= 0.3 is 0 Å². The van der Waals surface area contributed by atoms with Crippen molar-refractivity contribution in [3.8, 4) is 0 Å². The van der Waals surface area contributed by atoms with Gasteiger partial charge in [-0.15, -0.1) is 0 Å². The zero-order valence-corrected chi connectivity index (χ0v) is 13.5. The highest BCUT2D eigenvalue weighted by Gasteiger charge is 2.23. The molecule has 0 atom stereocenters. The van der Waals surface area contributed by atoms with Crippen LogP contribution in [-0.4, -0.2) is 5.91 Å². The first-order valence-electron chi connectivity index (χ1n) is 8.34. The van der Waals surface area contributed by atoms with Crippen LogP contribution in [0.15, 0.2) is 78.9 Å². The molecule has 0 saturated heterocycles. The van der Waals surface area contributed by atoms with Gasteiger partial charge in [0.2, 0.25) is 0 Å². The topological polar surface area (TPSA) is 29.1 Å². The van der Waals surface area contributed by atoms with Crippen molar-refractivity contribution in [2.45, 2.75) is 0 Å². The maximum absolute atomic E-state index is 12.5. The number of anilines is 1. The van der Waals surface area contributed by atoms with Crippen LogP contribution in [0.5, 0.6) is 0 Å². The molecule has 2 nitrogen and oxygen atoms in total. The summed E-state index contributed by atoms with van der Waals surface area (Å²) in [6.45, 7) is 0. The number of fused-ring (bicyclic) bond motifs is 3. The number of amides is 1. The molecule has 0 unspecified atom stereocenters. The normalized spacial score (nSPS) is 14.9. The van der Waals surface area contributed by atoms with Crippen LogP contribution in [-0.2, 0) is 4.79 Å². The number of hydrogen-bond donors (Lipinski definition) is 1. The molecule has 1 aliphatic heterocycles. The van der Waals surface area contributed by atoms with Crippen LogP contribution >= 0.6 is 0 Å². The number of nitrogens with one attached hydrogen (secondary N) is 1. The van der Waals surface area contributed by atoms with Gasteiger partial charge in [0.1, 0.15) is 0 Å². The number of carbonyl (C=O) groups excluding carboxylic acids is 1. The number of para-hydroxylation sites is 1. The van der Waals surface area contributed by atoms with Gasteiger partial charge in [-0.05, 0) is 45.3 Å². The van der Waals surface area contributed by atoms with Crippen LogP contribution < -0.4 is 5.32 Å². The van der Waals surface area contributed by atoms with Crippen LogP contribution in [0.4, 0.5) is 5.69 Å². The van der Waals surface area contributed by atoms with E-state index in [0.29, 0.717) is 0 Å². The molecule has 0 fully saturated rings. The summed E-state index contributed by atoms with van der Waals surface area (Å²) in [4.78, 5) is 12.5. The maximum Gasteiger partial charge on any atom is 0.256 e. The lowest BCUT2D eigenvalue weighted by Crippen LogP contribution is -2.03. The highest BCUT2D eigenvalue weighted by Crippen LogP contribution is 2.36. The molecule has 0 aromatic heterocycles. The van der Waals surface area contributed by atoms with E-state index in [1.165, 1.54) is 10.8 Å². The monoisotopic (exact) mass is 321 g/mol. The summed E-state index contributed by atoms with van der Waals surface area (Å²) in [5.74, 6) is -0.0433. The third kappa shape index (κ3) is 2.15. The number of rotatable bonds is 1. The summed E-state index contributed by atoms with van der Waals surface area (Å²) in [5.41, 5.74) is 3.65. The molecular formula is C23H15NO. The van der Waals surface area contributed by atoms with Gasteiger partial charge in [-0.3, -0.25) is 4.79 Å². The van der Waals surface area contributed by atoms with E-state index in [9.17, 15) is 4.79 Å². The molecule has 4 aromatic rings. The fourth-order valence-electron chi connectivity index (χ4n) is 3.63. The van der Waals surface area contributed by atoms with Gasteiger partial charge in [0.25, 0.3) is 5.91 Å². The lowest BCUT2D eigenvalue weighted by Gasteiger charge is -2.09. The van der Waals surface area contributed by atoms with E-state index in [4.69, 9.17) is 0 Å². The minimum Gasteiger partial charge on any atom is -0.321 e. The molecule has 1 amide bonds. The second kappa shape index (κ2) is 5.32. The Morgan fingerprint density at radius 1 is 0.720 bits per heavy atom. The molecule has 0 saturated carbocycles. The molecular weight excluding hydrogens is 306 g/mol. The first kappa shape index (κ1) is 14.0. The Balaban J connectivity index is 1.87. The second-order valence-corrected chi connectivity index (χ2v) is 6.29. The van der Waals surface area contributed by atoms with E-state index in [1.54, 1.807) is 0 Å². The Morgan fingerprint density at radius 2 is 1.32 bits per heavy atom. The summed E-state index contributed by atoms with van der Waals surface area (Å²) < 4.78 is 0. The quantitative estimate of drug-likeness (QED) is 0.365. The average Bonchev–Trinajstić information content (AvgIpc) is 2.97. The Bertz CT molecular complexity index is 1130. The Labute approximate surface area is 145 Å². The minimum absolute atomic E-state index is 0.0433. The predicted molar refractivity (Wildman–Crippen MR) is 104 cm³/mol. The van der Waals surface area contributed by atoms with Crippen molar-refractivity contribution >= 4 is 44.8 Å². The highest BCUT2D eigenvalue weighted by molar-refractivity contribution is 6.35. The third-order valence-corrected chi connectivity index (χ3v) is 4.81. The van der Waals surface area contributed by atoms with Crippen LogP contribution in [0.25, 0.3) is 33.2 Å². The van der Waals surface area contributed by atoms with E-state index in [0.717, 1.165) is 33.2 Å². The molecule has 118 valence electrons. The summed E-state index contributed by atoms with van der Waals surface area (Å²) in [5, 5.41) is 7.63. The molecule has 1 N–H and O–H groups in total. The van der Waals surface area contributed by atoms with E-state index >= 15 is 0 Å². The maximum atomic E-state index is 12.5. The van der Waals surface area contributed by atoms with Crippen molar-refractivity contribution < 1.29 is 4.79 Å². The van der Waals surface area contributed by atoms with Gasteiger partial charge in [-0.1, -0.05) is 66.7 Å². The van der Waals surface area contributed by atoms with Crippen molar-refractivity contribution in [1.29, 1.82) is 0 Å². The van der Waals surface area contributed by atoms with Crippen molar-refractivity contribution in [3.63, 3.8) is 0 Å². The van der Waals surface area contributed by atoms with E-state index in [-0.39, 0.29) is 5.91 Å². The number of benzene rings is 4. The Kier molecular flexibility index (Phi) is 2.98. The average molecular weight is 321 g/mol. The van der Waals surface area contributed by atoms with Gasteiger partial charge in [0.15, 0.2) is 0 Å². The van der Waals surface area contributed by atoms with Crippen LogP contribution in [0.2, 0.25) is 0 Å². The molecule has 4 aromatic carbocycles. The zero-order chi connectivity index (χ0) is 16.8. The van der Waals surface area contributed by atoms with Crippen molar-refractivity contribution in [3.05, 3.63) is 90.0 Å². The largest absolute Gasteiger partial charge is 0.321 e. The first-order valence-corrected chi connectivity index (χ1v) is 8.34. The van der Waals surface area contributed by atoms with E-state index in [1.807, 2.05) is 54.6 Å². The van der Waals surface area contributed by atoms with Crippen LogP contribution in [0, 0.1) is 0 Å². The van der Waals surface area contributed by atoms with E-state index < -0.39 is 0 Å². The van der Waals surface area contributed by atoms with Gasteiger partial charge in [-0.25, -0.2) is 0 Å². The lowest BCUT2D eigenvalue weighted by atomic mass is 9.94. The molecule has 1 aliphatic rings. The molecule has 1 heterocycles. The zero-order valence-electron chi connectivity index (χ0n) is 13.5. The van der Waals surface area contributed by atoms with Crippen LogP contribution in [0.3, 0.4) is 0 Å². The Hall–Kier alpha value is -3.39. The third-order valence-electron chi connectivity index (χ3n) is 4.81. The fourth-order valence-corrected chi connectivity index (χ4v) is 3.63. The molecule has 2 heteroatoms. The van der Waals surface area contributed by atoms with Crippen molar-refractivity contribution in [2.24, 2.45) is 0 Å². The SMILES string of the molecule is O=C1Nc2ccccc2/C1=C/c1c2ccccc2cc2ccccc12. The van der Waals surface area contributed by atoms with E-state index in [2.05, 4.69) is 35.6 Å². The van der Waals surface area contributed by atoms with Gasteiger partial charge in [0, 0.05) is 16.8 Å². The molecule has 0 aliphatic carbocycles. The summed E-state index contributed by atoms with van der Waals surface area (Å²) in [6, 6.07) is 26.7. The Morgan fingerprint density at radius 3 is 2.04 bits per heavy atom. The fraction of sp³-hybridized carbons (Fsp3) is 0. The first-order chi connectivity index (χ1) is 12.3. The van der Waals surface area contributed by atoms with Gasteiger partial charge in [0.05, 0.1) is 0 Å². The summed E-state index contributed by atoms with van der Waals surface area (Å²) in [6.07, 6.45) is 2.03. The highest BCUT2D eigenvalue weighted by atomic mass is 16.2. The number of carbonyl (C=O) groups is 1. The molecule has 0 spiro atoms. The predicted octanol–water partition coefficient (Wildman–Crippen LogP) is 5.49. The van der Waals surface area contributed by atoms with Gasteiger partial charge < -0.3 is 5.32 Å². The van der Waals surface area contributed by atoms with Crippen molar-refractivity contribution in [1.82, 2.24) is 0 Å². The molecule has 0 radical (unpaired) electrons. The van der Waals surface area contributed by atoms with Gasteiger partial charge in [-0.2, -0.15) is 0 Å². The second-order valence-electron chi connectivity index (χ2n) is 6.29. The summed E-state index contributed by atoms with van der Waals surface area (Å²) in [7, 11) is 0. The summed E-state index contributed by atoms with van der Waals surface area (Å²) >= 11 is 0. The van der Waals surface area contributed by atoms with Crippen molar-refractivity contribution in [2.75, 3.05) is 5.32 Å². The minimum atomic E-state index is -0.0433. The molecule has 25 heavy (non-hydrogen) atoms. The smallest absolute Gasteiger partial charge is 0.256 e. The number of hydrogen-bond acceptors (Lipinski definition) is 1. The van der Waals surface area contributed by atoms with Crippen LogP contribution in [0.1, 0.15) is 11.1 Å².